The second-order valence-corrected chi connectivity index (χ2v) is 5.31. The Balaban J connectivity index is 2.01. The van der Waals surface area contributed by atoms with E-state index < -0.39 is 45.1 Å². The van der Waals surface area contributed by atoms with Crippen LogP contribution < -0.4 is 0 Å². The van der Waals surface area contributed by atoms with Gasteiger partial charge in [0.05, 0.1) is 6.61 Å². The molecule has 5 atom stereocenters. The number of rotatable bonds is 3. The number of aliphatic hydroxyl groups is 2. The molecule has 0 aromatic heterocycles. The Morgan fingerprint density at radius 1 is 1.39 bits per heavy atom. The second kappa shape index (κ2) is 4.86. The molecule has 2 aliphatic rings. The van der Waals surface area contributed by atoms with Crippen LogP contribution in [0.4, 0.5) is 0 Å². The van der Waals surface area contributed by atoms with Gasteiger partial charge in [-0.3, -0.25) is 4.52 Å². The van der Waals surface area contributed by atoms with E-state index in [4.69, 9.17) is 19.3 Å². The monoisotopic (exact) mass is 283 g/mol. The quantitative estimate of drug-likeness (QED) is 0.452. The number of ether oxygens (including phenoxy) is 2. The normalized spacial score (nSPS) is 40.1. The first-order valence-electron chi connectivity index (χ1n) is 5.20. The van der Waals surface area contributed by atoms with E-state index in [9.17, 15) is 14.8 Å². The van der Waals surface area contributed by atoms with Gasteiger partial charge in [0, 0.05) is 6.92 Å². The highest BCUT2D eigenvalue weighted by Crippen LogP contribution is 2.37. The molecule has 2 heterocycles. The molecule has 104 valence electrons. The molecule has 1 fully saturated rings. The lowest BCUT2D eigenvalue weighted by Gasteiger charge is -2.37. The standard InChI is InChI=1S/C8H14NO8P/c1-3-9-5-7(11)6(10)4(17-8(5)16-3)2-15-18(12,13)14/h4-8,10-11H,2H2,1H3,(H2,12,13,14)/t4-,5-,6-,7-,8+/m1/s1. The van der Waals surface area contributed by atoms with Crippen molar-refractivity contribution in [2.24, 2.45) is 4.99 Å². The van der Waals surface area contributed by atoms with Gasteiger partial charge in [0.15, 0.2) is 5.90 Å². The lowest BCUT2D eigenvalue weighted by molar-refractivity contribution is -0.233. The molecule has 18 heavy (non-hydrogen) atoms. The Morgan fingerprint density at radius 3 is 2.67 bits per heavy atom. The van der Waals surface area contributed by atoms with Crippen LogP contribution in [0.5, 0.6) is 0 Å². The first-order valence-corrected chi connectivity index (χ1v) is 6.74. The summed E-state index contributed by atoms with van der Waals surface area (Å²) in [7, 11) is -4.66. The molecular weight excluding hydrogens is 269 g/mol. The fourth-order valence-electron chi connectivity index (χ4n) is 1.87. The van der Waals surface area contributed by atoms with Gasteiger partial charge in [0.2, 0.25) is 6.29 Å². The van der Waals surface area contributed by atoms with E-state index in [0.29, 0.717) is 5.90 Å². The lowest BCUT2D eigenvalue weighted by atomic mass is 9.98. The van der Waals surface area contributed by atoms with Gasteiger partial charge >= 0.3 is 7.82 Å². The zero-order chi connectivity index (χ0) is 13.5. The molecule has 4 N–H and O–H groups in total. The third kappa shape index (κ3) is 2.89. The van der Waals surface area contributed by atoms with E-state index in [1.165, 1.54) is 0 Å². The average Bonchev–Trinajstić information content (AvgIpc) is 2.61. The molecule has 0 radical (unpaired) electrons. The minimum absolute atomic E-state index is 0.313. The highest BCUT2D eigenvalue weighted by Gasteiger charge is 2.48. The van der Waals surface area contributed by atoms with Crippen LogP contribution >= 0.6 is 7.82 Å². The van der Waals surface area contributed by atoms with Crippen LogP contribution in [0.15, 0.2) is 4.99 Å². The van der Waals surface area contributed by atoms with Crippen molar-refractivity contribution in [2.45, 2.75) is 37.6 Å². The van der Waals surface area contributed by atoms with Crippen molar-refractivity contribution in [3.8, 4) is 0 Å². The Bertz CT molecular complexity index is 395. The summed E-state index contributed by atoms with van der Waals surface area (Å²) < 4.78 is 25.2. The van der Waals surface area contributed by atoms with Crippen LogP contribution in [-0.4, -0.2) is 63.1 Å². The summed E-state index contributed by atoms with van der Waals surface area (Å²) in [6, 6.07) is -0.744. The Labute approximate surface area is 102 Å². The predicted octanol–water partition coefficient (Wildman–Crippen LogP) is -1.64. The zero-order valence-electron chi connectivity index (χ0n) is 9.41. The maximum absolute atomic E-state index is 10.6. The maximum Gasteiger partial charge on any atom is 0.469 e. The molecular formula is C8H14NO8P. The van der Waals surface area contributed by atoms with E-state index in [-0.39, 0.29) is 0 Å². The topological polar surface area (TPSA) is 138 Å². The molecule has 1 saturated heterocycles. The summed E-state index contributed by atoms with van der Waals surface area (Å²) in [4.78, 5) is 21.1. The van der Waals surface area contributed by atoms with Gasteiger partial charge < -0.3 is 29.5 Å². The van der Waals surface area contributed by atoms with E-state index in [2.05, 4.69) is 9.52 Å². The van der Waals surface area contributed by atoms with Crippen molar-refractivity contribution in [2.75, 3.05) is 6.61 Å². The van der Waals surface area contributed by atoms with E-state index >= 15 is 0 Å². The number of nitrogens with zero attached hydrogens (tertiary/aromatic N) is 1. The molecule has 0 aromatic carbocycles. The van der Waals surface area contributed by atoms with Crippen LogP contribution in [-0.2, 0) is 18.6 Å². The molecule has 0 bridgehead atoms. The first kappa shape index (κ1) is 13.9. The molecule has 9 nitrogen and oxygen atoms in total. The van der Waals surface area contributed by atoms with E-state index in [0.717, 1.165) is 0 Å². The highest BCUT2D eigenvalue weighted by atomic mass is 31.2. The first-order chi connectivity index (χ1) is 8.28. The molecule has 0 saturated carbocycles. The van der Waals surface area contributed by atoms with Crippen molar-refractivity contribution in [3.05, 3.63) is 0 Å². The summed E-state index contributed by atoms with van der Waals surface area (Å²) in [5.74, 6) is 0.313. The average molecular weight is 283 g/mol. The van der Waals surface area contributed by atoms with Gasteiger partial charge in [0.1, 0.15) is 24.4 Å². The van der Waals surface area contributed by atoms with Crippen molar-refractivity contribution in [3.63, 3.8) is 0 Å². The number of fused-ring (bicyclic) bond motifs is 1. The summed E-state index contributed by atoms with van der Waals surface area (Å²) in [5, 5.41) is 19.5. The van der Waals surface area contributed by atoms with Crippen molar-refractivity contribution < 1.29 is 38.6 Å². The second-order valence-electron chi connectivity index (χ2n) is 4.07. The van der Waals surface area contributed by atoms with Crippen molar-refractivity contribution >= 4 is 13.7 Å². The largest absolute Gasteiger partial charge is 0.469 e. The van der Waals surface area contributed by atoms with Crippen LogP contribution in [0.25, 0.3) is 0 Å². The number of phosphoric ester groups is 1. The number of aliphatic hydroxyl groups excluding tert-OH is 2. The van der Waals surface area contributed by atoms with Crippen LogP contribution in [0.3, 0.4) is 0 Å². The molecule has 2 rings (SSSR count). The summed E-state index contributed by atoms with van der Waals surface area (Å²) >= 11 is 0. The van der Waals surface area contributed by atoms with Crippen molar-refractivity contribution in [1.29, 1.82) is 0 Å². The lowest BCUT2D eigenvalue weighted by Crippen LogP contribution is -2.57. The smallest absolute Gasteiger partial charge is 0.450 e. The Hall–Kier alpha value is -0.540. The van der Waals surface area contributed by atoms with Gasteiger partial charge in [-0.05, 0) is 0 Å². The highest BCUT2D eigenvalue weighted by molar-refractivity contribution is 7.46. The number of hydrogen-bond acceptors (Lipinski definition) is 7. The van der Waals surface area contributed by atoms with Gasteiger partial charge in [-0.25, -0.2) is 9.56 Å². The fourth-order valence-corrected chi connectivity index (χ4v) is 2.21. The number of phosphoric acid groups is 1. The molecule has 0 aromatic rings. The summed E-state index contributed by atoms with van der Waals surface area (Å²) in [6.45, 7) is 1.01. The Morgan fingerprint density at radius 2 is 2.06 bits per heavy atom. The van der Waals surface area contributed by atoms with Gasteiger partial charge in [0.25, 0.3) is 0 Å². The molecule has 10 heteroatoms. The van der Waals surface area contributed by atoms with Gasteiger partial charge in [-0.15, -0.1) is 0 Å². The third-order valence-electron chi connectivity index (χ3n) is 2.69. The third-order valence-corrected chi connectivity index (χ3v) is 3.18. The minimum Gasteiger partial charge on any atom is -0.450 e. The van der Waals surface area contributed by atoms with Crippen LogP contribution in [0.2, 0.25) is 0 Å². The van der Waals surface area contributed by atoms with Crippen LogP contribution in [0, 0.1) is 0 Å². The van der Waals surface area contributed by atoms with Gasteiger partial charge in [-0.1, -0.05) is 0 Å². The van der Waals surface area contributed by atoms with Crippen molar-refractivity contribution in [1.82, 2.24) is 0 Å². The van der Waals surface area contributed by atoms with Crippen LogP contribution in [0.1, 0.15) is 6.92 Å². The zero-order valence-corrected chi connectivity index (χ0v) is 10.3. The van der Waals surface area contributed by atoms with Gasteiger partial charge in [-0.2, -0.15) is 0 Å². The molecule has 0 unspecified atom stereocenters. The molecule has 0 spiro atoms. The van der Waals surface area contributed by atoms with E-state index in [1.54, 1.807) is 6.92 Å². The maximum atomic E-state index is 10.6. The summed E-state index contributed by atoms with van der Waals surface area (Å²) in [6.07, 6.45) is -4.59. The molecule has 2 aliphatic heterocycles. The summed E-state index contributed by atoms with van der Waals surface area (Å²) in [5.41, 5.74) is 0. The SMILES string of the molecule is CC1=N[C@H]2[C@@H](O1)O[C@H](COP(=O)(O)O)[C@@H](O)[C@@H]2O. The molecule has 0 aliphatic carbocycles. The minimum atomic E-state index is -4.66. The van der Waals surface area contributed by atoms with E-state index in [1.807, 2.05) is 0 Å². The fraction of sp³-hybridized carbons (Fsp3) is 0.875. The number of hydrogen-bond donors (Lipinski definition) is 4. The number of aliphatic imine (C=N–C) groups is 1. The molecule has 0 amide bonds. The Kier molecular flexibility index (Phi) is 3.75. The predicted molar refractivity (Wildman–Crippen MR) is 56.7 cm³/mol.